The Bertz CT molecular complexity index is 512. The molecule has 0 atom stereocenters. The second-order valence-electron chi connectivity index (χ2n) is 4.87. The highest BCUT2D eigenvalue weighted by atomic mass is 32.2. The average molecular weight is 305 g/mol. The molecule has 0 aliphatic heterocycles. The van der Waals surface area contributed by atoms with Crippen LogP contribution in [0.15, 0.2) is 29.2 Å². The zero-order valence-electron chi connectivity index (χ0n) is 11.8. The molecule has 0 heterocycles. The van der Waals surface area contributed by atoms with Crippen LogP contribution in [0.4, 0.5) is 8.78 Å². The molecule has 0 radical (unpaired) electrons. The molecule has 0 fully saturated rings. The van der Waals surface area contributed by atoms with Crippen molar-refractivity contribution in [3.63, 3.8) is 0 Å². The van der Waals surface area contributed by atoms with Crippen LogP contribution in [0.25, 0.3) is 0 Å². The van der Waals surface area contributed by atoms with Gasteiger partial charge in [-0.1, -0.05) is 24.6 Å². The minimum atomic E-state index is -3.33. The van der Waals surface area contributed by atoms with Crippen LogP contribution >= 0.6 is 0 Å². The average Bonchev–Trinajstić information content (AvgIpc) is 2.38. The van der Waals surface area contributed by atoms with Gasteiger partial charge in [-0.15, -0.1) is 0 Å². The largest absolute Gasteiger partial charge is 0.311 e. The van der Waals surface area contributed by atoms with Crippen molar-refractivity contribution >= 4 is 9.84 Å². The molecule has 3 nitrogen and oxygen atoms in total. The van der Waals surface area contributed by atoms with Crippen molar-refractivity contribution in [1.82, 2.24) is 5.32 Å². The van der Waals surface area contributed by atoms with Gasteiger partial charge in [-0.2, -0.15) is 0 Å². The highest BCUT2D eigenvalue weighted by molar-refractivity contribution is 7.91. The van der Waals surface area contributed by atoms with Gasteiger partial charge in [0.05, 0.1) is 17.2 Å². The van der Waals surface area contributed by atoms with E-state index in [-0.39, 0.29) is 23.6 Å². The molecule has 1 aromatic carbocycles. The number of nitrogens with one attached hydrogen (secondary N) is 1. The Kier molecular flexibility index (Phi) is 6.07. The standard InChI is InChI=1S/C14H21F2NO2S/c1-3-14(15,16)11-17-9-4-10-20(18,19)13-7-5-12(2)6-8-13/h5-8,17H,3-4,9-11H2,1-2H3. The van der Waals surface area contributed by atoms with E-state index in [9.17, 15) is 17.2 Å². The SMILES string of the molecule is CCC(F)(F)CNCCCS(=O)(=O)c1ccc(C)cc1. The highest BCUT2D eigenvalue weighted by Gasteiger charge is 2.25. The number of halogens is 2. The van der Waals surface area contributed by atoms with Crippen LogP contribution in [0.3, 0.4) is 0 Å². The fourth-order valence-electron chi connectivity index (χ4n) is 1.65. The molecule has 0 amide bonds. The molecule has 0 aliphatic rings. The van der Waals surface area contributed by atoms with E-state index in [1.807, 2.05) is 6.92 Å². The van der Waals surface area contributed by atoms with E-state index >= 15 is 0 Å². The van der Waals surface area contributed by atoms with Gasteiger partial charge in [0.25, 0.3) is 5.92 Å². The third-order valence-electron chi connectivity index (χ3n) is 3.05. The van der Waals surface area contributed by atoms with Gasteiger partial charge >= 0.3 is 0 Å². The van der Waals surface area contributed by atoms with Crippen molar-refractivity contribution in [1.29, 1.82) is 0 Å². The van der Waals surface area contributed by atoms with Gasteiger partial charge in [-0.25, -0.2) is 17.2 Å². The van der Waals surface area contributed by atoms with E-state index in [0.717, 1.165) is 5.56 Å². The molecule has 114 valence electrons. The summed E-state index contributed by atoms with van der Waals surface area (Å²) in [5, 5.41) is 2.60. The molecular formula is C14H21F2NO2S. The lowest BCUT2D eigenvalue weighted by atomic mass is 10.2. The zero-order chi connectivity index (χ0) is 15.2. The maximum absolute atomic E-state index is 12.9. The summed E-state index contributed by atoms with van der Waals surface area (Å²) in [7, 11) is -3.33. The number of aryl methyl sites for hydroxylation is 1. The second kappa shape index (κ2) is 7.13. The molecule has 1 rings (SSSR count). The van der Waals surface area contributed by atoms with Crippen LogP contribution in [0.1, 0.15) is 25.3 Å². The summed E-state index contributed by atoms with van der Waals surface area (Å²) in [6.07, 6.45) is 0.0949. The number of hydrogen-bond donors (Lipinski definition) is 1. The van der Waals surface area contributed by atoms with Crippen molar-refractivity contribution in [2.45, 2.75) is 37.5 Å². The second-order valence-corrected chi connectivity index (χ2v) is 6.98. The Morgan fingerprint density at radius 3 is 2.35 bits per heavy atom. The Morgan fingerprint density at radius 2 is 1.80 bits per heavy atom. The van der Waals surface area contributed by atoms with Crippen molar-refractivity contribution in [2.24, 2.45) is 0 Å². The molecule has 0 bridgehead atoms. The summed E-state index contributed by atoms with van der Waals surface area (Å²) in [4.78, 5) is 0.280. The first-order valence-corrected chi connectivity index (χ1v) is 8.30. The third kappa shape index (κ3) is 5.54. The van der Waals surface area contributed by atoms with Gasteiger partial charge in [-0.3, -0.25) is 0 Å². The van der Waals surface area contributed by atoms with E-state index in [1.165, 1.54) is 6.92 Å². The molecule has 0 saturated heterocycles. The minimum Gasteiger partial charge on any atom is -0.311 e. The number of sulfone groups is 1. The number of benzene rings is 1. The molecular weight excluding hydrogens is 284 g/mol. The Hall–Kier alpha value is -1.01. The van der Waals surface area contributed by atoms with Gasteiger partial charge in [0.2, 0.25) is 0 Å². The molecule has 1 aromatic rings. The van der Waals surface area contributed by atoms with Crippen molar-refractivity contribution in [2.75, 3.05) is 18.8 Å². The first kappa shape index (κ1) is 17.0. The van der Waals surface area contributed by atoms with Crippen molar-refractivity contribution in [3.8, 4) is 0 Å². The fraction of sp³-hybridized carbons (Fsp3) is 0.571. The Morgan fingerprint density at radius 1 is 1.20 bits per heavy atom. The summed E-state index contributed by atoms with van der Waals surface area (Å²) in [5.74, 6) is -2.77. The zero-order valence-corrected chi connectivity index (χ0v) is 12.6. The fourth-order valence-corrected chi connectivity index (χ4v) is 2.96. The minimum absolute atomic E-state index is 0.0409. The summed E-state index contributed by atoms with van der Waals surface area (Å²) in [6.45, 7) is 3.16. The number of alkyl halides is 2. The first-order valence-electron chi connectivity index (χ1n) is 6.65. The van der Waals surface area contributed by atoms with E-state index in [1.54, 1.807) is 24.3 Å². The third-order valence-corrected chi connectivity index (χ3v) is 4.86. The quantitative estimate of drug-likeness (QED) is 0.751. The molecule has 0 unspecified atom stereocenters. The van der Waals surface area contributed by atoms with E-state index in [0.29, 0.717) is 6.42 Å². The Balaban J connectivity index is 2.39. The molecule has 0 aliphatic carbocycles. The topological polar surface area (TPSA) is 46.2 Å². The van der Waals surface area contributed by atoms with Crippen LogP contribution in [0.5, 0.6) is 0 Å². The van der Waals surface area contributed by atoms with E-state index in [2.05, 4.69) is 5.32 Å². The van der Waals surface area contributed by atoms with E-state index < -0.39 is 22.3 Å². The van der Waals surface area contributed by atoms with Crippen LogP contribution < -0.4 is 5.32 Å². The number of rotatable bonds is 8. The van der Waals surface area contributed by atoms with Gasteiger partial charge in [0.15, 0.2) is 9.84 Å². The van der Waals surface area contributed by atoms with Gasteiger partial charge in [0.1, 0.15) is 0 Å². The molecule has 0 aromatic heterocycles. The van der Waals surface area contributed by atoms with Gasteiger partial charge in [0, 0.05) is 6.42 Å². The maximum Gasteiger partial charge on any atom is 0.260 e. The Labute approximate surface area is 119 Å². The predicted octanol–water partition coefficient (Wildman–Crippen LogP) is 2.79. The van der Waals surface area contributed by atoms with Crippen LogP contribution in [-0.4, -0.2) is 33.2 Å². The summed E-state index contributed by atoms with van der Waals surface area (Å²) in [5.41, 5.74) is 0.993. The van der Waals surface area contributed by atoms with Crippen LogP contribution in [0.2, 0.25) is 0 Å². The lowest BCUT2D eigenvalue weighted by Crippen LogP contribution is -2.33. The summed E-state index contributed by atoms with van der Waals surface area (Å²) < 4.78 is 49.8. The molecule has 0 saturated carbocycles. The van der Waals surface area contributed by atoms with Gasteiger partial charge in [-0.05, 0) is 32.0 Å². The maximum atomic E-state index is 12.9. The van der Waals surface area contributed by atoms with E-state index in [4.69, 9.17) is 0 Å². The molecule has 0 spiro atoms. The number of hydrogen-bond acceptors (Lipinski definition) is 3. The lowest BCUT2D eigenvalue weighted by Gasteiger charge is -2.14. The van der Waals surface area contributed by atoms with Gasteiger partial charge < -0.3 is 5.32 Å². The summed E-state index contributed by atoms with van der Waals surface area (Å²) >= 11 is 0. The predicted molar refractivity (Wildman–Crippen MR) is 76.0 cm³/mol. The van der Waals surface area contributed by atoms with Crippen LogP contribution in [-0.2, 0) is 9.84 Å². The highest BCUT2D eigenvalue weighted by Crippen LogP contribution is 2.16. The summed E-state index contributed by atoms with van der Waals surface area (Å²) in [6, 6.07) is 6.63. The van der Waals surface area contributed by atoms with Crippen molar-refractivity contribution < 1.29 is 17.2 Å². The first-order chi connectivity index (χ1) is 9.27. The van der Waals surface area contributed by atoms with Crippen LogP contribution in [0, 0.1) is 6.92 Å². The molecule has 1 N–H and O–H groups in total. The molecule has 6 heteroatoms. The molecule has 20 heavy (non-hydrogen) atoms. The monoisotopic (exact) mass is 305 g/mol. The smallest absolute Gasteiger partial charge is 0.260 e. The lowest BCUT2D eigenvalue weighted by molar-refractivity contribution is -0.00134. The normalized spacial score (nSPS) is 12.6. The van der Waals surface area contributed by atoms with Crippen molar-refractivity contribution in [3.05, 3.63) is 29.8 Å².